The van der Waals surface area contributed by atoms with Crippen LogP contribution in [0.5, 0.6) is 5.88 Å². The number of benzene rings is 1. The van der Waals surface area contributed by atoms with E-state index in [0.29, 0.717) is 30.7 Å². The van der Waals surface area contributed by atoms with Crippen LogP contribution in [0.15, 0.2) is 23.4 Å². The van der Waals surface area contributed by atoms with Crippen molar-refractivity contribution in [1.29, 1.82) is 0 Å². The predicted octanol–water partition coefficient (Wildman–Crippen LogP) is 3.46. The monoisotopic (exact) mass is 477 g/mol. The lowest BCUT2D eigenvalue weighted by Crippen LogP contribution is -2.48. The molecular formula is C22H25F2N5O3S. The minimum Gasteiger partial charge on any atom is -0.475 e. The first-order valence-electron chi connectivity index (χ1n) is 10.6. The third-order valence-electron chi connectivity index (χ3n) is 5.09. The van der Waals surface area contributed by atoms with Crippen LogP contribution < -0.4 is 4.74 Å². The number of aromatic nitrogens is 4. The number of aromatic amines is 1. The Balaban J connectivity index is 1.31. The minimum absolute atomic E-state index is 0.0514. The quantitative estimate of drug-likeness (QED) is 0.521. The van der Waals surface area contributed by atoms with Crippen LogP contribution in [-0.2, 0) is 9.53 Å². The number of morpholine rings is 1. The lowest BCUT2D eigenvalue weighted by atomic mass is 10.2. The Morgan fingerprint density at radius 3 is 2.91 bits per heavy atom. The van der Waals surface area contributed by atoms with Gasteiger partial charge in [-0.3, -0.25) is 4.79 Å². The van der Waals surface area contributed by atoms with Crippen molar-refractivity contribution in [3.05, 3.63) is 41.4 Å². The molecule has 4 rings (SSSR count). The first-order chi connectivity index (χ1) is 15.8. The number of fused-ring (bicyclic) bond motifs is 1. The van der Waals surface area contributed by atoms with Gasteiger partial charge in [0.25, 0.3) is 0 Å². The first-order valence-corrected chi connectivity index (χ1v) is 11.6. The molecule has 8 nitrogen and oxygen atoms in total. The van der Waals surface area contributed by atoms with E-state index in [9.17, 15) is 13.6 Å². The van der Waals surface area contributed by atoms with E-state index in [1.54, 1.807) is 11.0 Å². The maximum atomic E-state index is 13.8. The van der Waals surface area contributed by atoms with Crippen molar-refractivity contribution in [2.24, 2.45) is 0 Å². The maximum Gasteiger partial charge on any atom is 0.233 e. The van der Waals surface area contributed by atoms with Crippen molar-refractivity contribution in [1.82, 2.24) is 24.8 Å². The van der Waals surface area contributed by atoms with Crippen molar-refractivity contribution in [2.75, 3.05) is 32.1 Å². The SMILES string of the molecule is Cc1cc(OCC2CN(C(=O)CSc3nc4c(F)cc(F)cc4[nH]3)CCO2)nc(C(C)C)n1. The molecule has 1 amide bonds. The molecule has 0 saturated carbocycles. The van der Waals surface area contributed by atoms with Crippen LogP contribution in [0.3, 0.4) is 0 Å². The van der Waals surface area contributed by atoms with E-state index in [4.69, 9.17) is 9.47 Å². The molecule has 0 radical (unpaired) electrons. The fraction of sp³-hybridized carbons (Fsp3) is 0.455. The summed E-state index contributed by atoms with van der Waals surface area (Å²) in [5.74, 6) is -0.0176. The lowest BCUT2D eigenvalue weighted by Gasteiger charge is -2.32. The van der Waals surface area contributed by atoms with Gasteiger partial charge in [-0.2, -0.15) is 4.98 Å². The van der Waals surface area contributed by atoms with Crippen molar-refractivity contribution < 1.29 is 23.0 Å². The van der Waals surface area contributed by atoms with Gasteiger partial charge in [-0.15, -0.1) is 0 Å². The summed E-state index contributed by atoms with van der Waals surface area (Å²) in [6, 6.07) is 3.73. The van der Waals surface area contributed by atoms with Gasteiger partial charge in [0.05, 0.1) is 24.4 Å². The van der Waals surface area contributed by atoms with Crippen LogP contribution in [0, 0.1) is 18.6 Å². The summed E-state index contributed by atoms with van der Waals surface area (Å²) in [4.78, 5) is 30.2. The molecule has 1 N–H and O–H groups in total. The number of ether oxygens (including phenoxy) is 2. The summed E-state index contributed by atoms with van der Waals surface area (Å²) in [7, 11) is 0. The number of thioether (sulfide) groups is 1. The Morgan fingerprint density at radius 1 is 1.30 bits per heavy atom. The topological polar surface area (TPSA) is 93.2 Å². The van der Waals surface area contributed by atoms with Crippen LogP contribution in [0.1, 0.15) is 31.3 Å². The molecule has 0 aliphatic carbocycles. The Morgan fingerprint density at radius 2 is 2.12 bits per heavy atom. The molecule has 3 aromatic rings. The van der Waals surface area contributed by atoms with E-state index in [1.165, 1.54) is 6.07 Å². The molecule has 1 saturated heterocycles. The Hall–Kier alpha value is -2.79. The minimum atomic E-state index is -0.741. The van der Waals surface area contributed by atoms with Gasteiger partial charge in [0.2, 0.25) is 11.8 Å². The number of hydrogen-bond acceptors (Lipinski definition) is 7. The summed E-state index contributed by atoms with van der Waals surface area (Å²) < 4.78 is 38.8. The van der Waals surface area contributed by atoms with E-state index < -0.39 is 11.6 Å². The zero-order chi connectivity index (χ0) is 23.5. The van der Waals surface area contributed by atoms with Crippen LogP contribution >= 0.6 is 11.8 Å². The molecule has 33 heavy (non-hydrogen) atoms. The molecule has 0 spiro atoms. The summed E-state index contributed by atoms with van der Waals surface area (Å²) in [5, 5.41) is 0.357. The Bertz CT molecular complexity index is 1160. The normalized spacial score (nSPS) is 16.5. The molecule has 3 heterocycles. The molecule has 0 bridgehead atoms. The highest BCUT2D eigenvalue weighted by Crippen LogP contribution is 2.23. The molecule has 1 unspecified atom stereocenters. The number of nitrogens with zero attached hydrogens (tertiary/aromatic N) is 4. The number of carbonyl (C=O) groups is 1. The zero-order valence-corrected chi connectivity index (χ0v) is 19.4. The standard InChI is InChI=1S/C22H25F2N5O3S/c1-12(2)21-25-13(3)6-18(27-21)32-10-15-9-29(4-5-31-15)19(30)11-33-22-26-17-8-14(23)7-16(24)20(17)28-22/h6-8,12,15H,4-5,9-11H2,1-3H3,(H,26,28). The van der Waals surface area contributed by atoms with E-state index in [-0.39, 0.29) is 41.3 Å². The summed E-state index contributed by atoms with van der Waals surface area (Å²) in [6.07, 6.45) is -0.284. The fourth-order valence-electron chi connectivity index (χ4n) is 3.43. The van der Waals surface area contributed by atoms with E-state index in [1.807, 2.05) is 20.8 Å². The van der Waals surface area contributed by atoms with Gasteiger partial charge in [-0.05, 0) is 13.0 Å². The van der Waals surface area contributed by atoms with Gasteiger partial charge >= 0.3 is 0 Å². The zero-order valence-electron chi connectivity index (χ0n) is 18.6. The number of aryl methyl sites for hydroxylation is 1. The summed E-state index contributed by atoms with van der Waals surface area (Å²) >= 11 is 1.14. The van der Waals surface area contributed by atoms with Gasteiger partial charge in [0.15, 0.2) is 11.0 Å². The van der Waals surface area contributed by atoms with Crippen molar-refractivity contribution in [2.45, 2.75) is 37.9 Å². The predicted molar refractivity (Wildman–Crippen MR) is 119 cm³/mol. The molecule has 2 aromatic heterocycles. The highest BCUT2D eigenvalue weighted by molar-refractivity contribution is 7.99. The largest absolute Gasteiger partial charge is 0.475 e. The molecule has 176 valence electrons. The second-order valence-corrected chi connectivity index (χ2v) is 9.08. The first kappa shape index (κ1) is 23.4. The molecule has 1 fully saturated rings. The van der Waals surface area contributed by atoms with E-state index in [0.717, 1.165) is 29.3 Å². The van der Waals surface area contributed by atoms with Crippen LogP contribution in [-0.4, -0.2) is 68.9 Å². The number of H-pyrrole nitrogens is 1. The number of rotatable bonds is 7. The molecule has 1 aromatic carbocycles. The molecule has 1 aliphatic rings. The van der Waals surface area contributed by atoms with Gasteiger partial charge < -0.3 is 19.4 Å². The third-order valence-corrected chi connectivity index (χ3v) is 5.95. The van der Waals surface area contributed by atoms with Crippen LogP contribution in [0.2, 0.25) is 0 Å². The Labute approximate surface area is 194 Å². The summed E-state index contributed by atoms with van der Waals surface area (Å²) in [5.41, 5.74) is 1.14. The van der Waals surface area contributed by atoms with Crippen LogP contribution in [0.25, 0.3) is 11.0 Å². The van der Waals surface area contributed by atoms with Crippen LogP contribution in [0.4, 0.5) is 8.78 Å². The second-order valence-electron chi connectivity index (χ2n) is 8.12. The highest BCUT2D eigenvalue weighted by atomic mass is 32.2. The molecule has 1 atom stereocenters. The van der Waals surface area contributed by atoms with Gasteiger partial charge in [-0.1, -0.05) is 25.6 Å². The van der Waals surface area contributed by atoms with E-state index >= 15 is 0 Å². The lowest BCUT2D eigenvalue weighted by molar-refractivity contribution is -0.137. The van der Waals surface area contributed by atoms with Gasteiger partial charge in [0.1, 0.15) is 29.9 Å². The second kappa shape index (κ2) is 10.0. The number of amides is 1. The van der Waals surface area contributed by atoms with Crippen molar-refractivity contribution >= 4 is 28.7 Å². The van der Waals surface area contributed by atoms with Gasteiger partial charge in [-0.25, -0.2) is 18.7 Å². The summed E-state index contributed by atoms with van der Waals surface area (Å²) in [6.45, 7) is 7.46. The molecule has 1 aliphatic heterocycles. The molecular weight excluding hydrogens is 452 g/mol. The molecule has 11 heteroatoms. The van der Waals surface area contributed by atoms with Crippen molar-refractivity contribution in [3.8, 4) is 5.88 Å². The fourth-order valence-corrected chi connectivity index (χ4v) is 4.21. The number of halogens is 2. The highest BCUT2D eigenvalue weighted by Gasteiger charge is 2.25. The number of hydrogen-bond donors (Lipinski definition) is 1. The Kier molecular flexibility index (Phi) is 7.08. The van der Waals surface area contributed by atoms with E-state index in [2.05, 4.69) is 19.9 Å². The number of carbonyl (C=O) groups excluding carboxylic acids is 1. The number of imidazole rings is 1. The van der Waals surface area contributed by atoms with Crippen molar-refractivity contribution in [3.63, 3.8) is 0 Å². The number of nitrogens with one attached hydrogen (secondary N) is 1. The average Bonchev–Trinajstić information content (AvgIpc) is 3.19. The third kappa shape index (κ3) is 5.77. The maximum absolute atomic E-state index is 13.8. The smallest absolute Gasteiger partial charge is 0.233 e. The average molecular weight is 478 g/mol. The van der Waals surface area contributed by atoms with Gasteiger partial charge in [0, 0.05) is 30.3 Å².